The Morgan fingerprint density at radius 3 is 2.50 bits per heavy atom. The van der Waals surface area contributed by atoms with Crippen LogP contribution < -0.4 is 15.4 Å². The van der Waals surface area contributed by atoms with Crippen molar-refractivity contribution in [2.24, 2.45) is 0 Å². The highest BCUT2D eigenvalue weighted by Gasteiger charge is 2.20. The summed E-state index contributed by atoms with van der Waals surface area (Å²) in [6.45, 7) is 1.64. The van der Waals surface area contributed by atoms with E-state index in [9.17, 15) is 9.59 Å². The lowest BCUT2D eigenvalue weighted by Crippen LogP contribution is -2.49. The van der Waals surface area contributed by atoms with E-state index in [4.69, 9.17) is 21.4 Å². The number of thioether (sulfide) groups is 1. The van der Waals surface area contributed by atoms with Crippen molar-refractivity contribution in [3.05, 3.63) is 29.3 Å². The van der Waals surface area contributed by atoms with Gasteiger partial charge >= 0.3 is 12.0 Å². The molecule has 6 nitrogen and oxygen atoms in total. The van der Waals surface area contributed by atoms with Gasteiger partial charge < -0.3 is 20.5 Å². The van der Waals surface area contributed by atoms with Crippen molar-refractivity contribution in [2.45, 2.75) is 25.6 Å². The third-order valence-corrected chi connectivity index (χ3v) is 3.57. The quantitative estimate of drug-likeness (QED) is 0.630. The largest absolute Gasteiger partial charge is 0.480 e. The molecule has 22 heavy (non-hydrogen) atoms. The minimum atomic E-state index is -1.06. The number of rotatable bonds is 8. The summed E-state index contributed by atoms with van der Waals surface area (Å²) in [6, 6.07) is 5.19. The lowest BCUT2D eigenvalue weighted by Gasteiger charge is -2.19. The molecular weight excluding hydrogens is 328 g/mol. The van der Waals surface area contributed by atoms with Gasteiger partial charge in [-0.3, -0.25) is 0 Å². The standard InChI is InChI=1S/C14H19ClN2O4S/c1-9(21-11-5-3-10(15)4-6-11)16-14(20)17-12(13(18)19)7-8-22-2/h3-6,9,12H,7-8H2,1-2H3,(H,18,19)(H2,16,17,20). The molecule has 0 aliphatic carbocycles. The van der Waals surface area contributed by atoms with E-state index in [-0.39, 0.29) is 0 Å². The van der Waals surface area contributed by atoms with Gasteiger partial charge in [-0.25, -0.2) is 9.59 Å². The number of aliphatic carboxylic acids is 1. The number of hydrogen-bond donors (Lipinski definition) is 3. The van der Waals surface area contributed by atoms with Crippen molar-refractivity contribution in [1.82, 2.24) is 10.6 Å². The van der Waals surface area contributed by atoms with Gasteiger partial charge in [0.05, 0.1) is 0 Å². The van der Waals surface area contributed by atoms with Gasteiger partial charge in [0.25, 0.3) is 0 Å². The first-order chi connectivity index (χ1) is 10.4. The molecule has 122 valence electrons. The minimum absolute atomic E-state index is 0.357. The molecule has 1 rings (SSSR count). The first-order valence-corrected chi connectivity index (χ1v) is 8.40. The van der Waals surface area contributed by atoms with Crippen molar-refractivity contribution in [2.75, 3.05) is 12.0 Å². The van der Waals surface area contributed by atoms with E-state index in [0.717, 1.165) is 0 Å². The molecule has 0 heterocycles. The Balaban J connectivity index is 2.45. The molecule has 2 amide bonds. The zero-order chi connectivity index (χ0) is 16.5. The van der Waals surface area contributed by atoms with E-state index >= 15 is 0 Å². The average Bonchev–Trinajstić information content (AvgIpc) is 2.45. The number of benzene rings is 1. The molecule has 1 aromatic carbocycles. The van der Waals surface area contributed by atoms with Gasteiger partial charge in [-0.15, -0.1) is 0 Å². The van der Waals surface area contributed by atoms with Gasteiger partial charge in [0.2, 0.25) is 0 Å². The lowest BCUT2D eigenvalue weighted by atomic mass is 10.2. The molecule has 0 saturated heterocycles. The van der Waals surface area contributed by atoms with Crippen LogP contribution >= 0.6 is 23.4 Å². The predicted octanol–water partition coefficient (Wildman–Crippen LogP) is 2.57. The second-order valence-corrected chi connectivity index (χ2v) is 5.93. The fraction of sp³-hybridized carbons (Fsp3) is 0.429. The Morgan fingerprint density at radius 1 is 1.32 bits per heavy atom. The Labute approximate surface area is 138 Å². The van der Waals surface area contributed by atoms with Gasteiger partial charge in [0.1, 0.15) is 11.8 Å². The lowest BCUT2D eigenvalue weighted by molar-refractivity contribution is -0.139. The normalized spacial score (nSPS) is 13.0. The molecule has 0 aliphatic rings. The summed E-state index contributed by atoms with van der Waals surface area (Å²) in [4.78, 5) is 22.8. The number of carbonyl (C=O) groups excluding carboxylic acids is 1. The molecule has 1 aromatic rings. The SMILES string of the molecule is CSCCC(NC(=O)NC(C)Oc1ccc(Cl)cc1)C(=O)O. The van der Waals surface area contributed by atoms with E-state index in [2.05, 4.69) is 10.6 Å². The van der Waals surface area contributed by atoms with Crippen LogP contribution in [0.1, 0.15) is 13.3 Å². The van der Waals surface area contributed by atoms with Crippen LogP contribution in [0.3, 0.4) is 0 Å². The molecule has 0 aromatic heterocycles. The minimum Gasteiger partial charge on any atom is -0.480 e. The van der Waals surface area contributed by atoms with Crippen molar-refractivity contribution in [3.8, 4) is 5.75 Å². The van der Waals surface area contributed by atoms with Gasteiger partial charge in [-0.1, -0.05) is 11.6 Å². The molecular formula is C14H19ClN2O4S. The number of hydrogen-bond acceptors (Lipinski definition) is 4. The number of amides is 2. The van der Waals surface area contributed by atoms with E-state index < -0.39 is 24.3 Å². The fourth-order valence-electron chi connectivity index (χ4n) is 1.62. The molecule has 0 radical (unpaired) electrons. The Bertz CT molecular complexity index is 498. The van der Waals surface area contributed by atoms with Crippen LogP contribution in [-0.4, -0.2) is 41.4 Å². The van der Waals surface area contributed by atoms with E-state index in [1.807, 2.05) is 6.26 Å². The summed E-state index contributed by atoms with van der Waals surface area (Å²) >= 11 is 7.29. The highest BCUT2D eigenvalue weighted by molar-refractivity contribution is 7.98. The summed E-state index contributed by atoms with van der Waals surface area (Å²) < 4.78 is 5.48. The van der Waals surface area contributed by atoms with Crippen molar-refractivity contribution in [3.63, 3.8) is 0 Å². The number of halogens is 1. The second-order valence-electron chi connectivity index (χ2n) is 4.50. The fourth-order valence-corrected chi connectivity index (χ4v) is 2.22. The number of ether oxygens (including phenoxy) is 1. The first-order valence-electron chi connectivity index (χ1n) is 6.63. The molecule has 2 atom stereocenters. The van der Waals surface area contributed by atoms with Gasteiger partial charge in [-0.05, 0) is 49.6 Å². The van der Waals surface area contributed by atoms with Gasteiger partial charge in [0, 0.05) is 5.02 Å². The van der Waals surface area contributed by atoms with Gasteiger partial charge in [-0.2, -0.15) is 11.8 Å². The van der Waals surface area contributed by atoms with Crippen LogP contribution in [0.15, 0.2) is 24.3 Å². The van der Waals surface area contributed by atoms with Crippen LogP contribution in [0.5, 0.6) is 5.75 Å². The molecule has 0 bridgehead atoms. The Kier molecular flexibility index (Phi) is 7.90. The van der Waals surface area contributed by atoms with Crippen molar-refractivity contribution in [1.29, 1.82) is 0 Å². The second kappa shape index (κ2) is 9.42. The molecule has 2 unspecified atom stereocenters. The molecule has 0 spiro atoms. The van der Waals surface area contributed by atoms with Crippen molar-refractivity contribution >= 4 is 35.4 Å². The Hall–Kier alpha value is -1.60. The van der Waals surface area contributed by atoms with Gasteiger partial charge in [0.15, 0.2) is 6.23 Å². The molecule has 3 N–H and O–H groups in total. The van der Waals surface area contributed by atoms with Crippen LogP contribution in [0.2, 0.25) is 5.02 Å². The number of carboxylic acid groups (broad SMARTS) is 1. The van der Waals surface area contributed by atoms with Crippen LogP contribution in [0.25, 0.3) is 0 Å². The molecule has 0 saturated carbocycles. The van der Waals surface area contributed by atoms with E-state index in [1.165, 1.54) is 11.8 Å². The smallest absolute Gasteiger partial charge is 0.326 e. The maximum atomic E-state index is 11.8. The predicted molar refractivity (Wildman–Crippen MR) is 87.6 cm³/mol. The number of urea groups is 1. The zero-order valence-electron chi connectivity index (χ0n) is 12.3. The summed E-state index contributed by atoms with van der Waals surface area (Å²) in [5.74, 6) is 0.137. The first kappa shape index (κ1) is 18.4. The van der Waals surface area contributed by atoms with Crippen LogP contribution in [0, 0.1) is 0 Å². The molecule has 0 aliphatic heterocycles. The summed E-state index contributed by atoms with van der Waals surface area (Å²) in [5.41, 5.74) is 0. The number of carboxylic acids is 1. The monoisotopic (exact) mass is 346 g/mol. The van der Waals surface area contributed by atoms with Crippen molar-refractivity contribution < 1.29 is 19.4 Å². The number of carbonyl (C=O) groups is 2. The summed E-state index contributed by atoms with van der Waals surface area (Å²) in [7, 11) is 0. The van der Waals surface area contributed by atoms with E-state index in [0.29, 0.717) is 22.9 Å². The highest BCUT2D eigenvalue weighted by atomic mass is 35.5. The highest BCUT2D eigenvalue weighted by Crippen LogP contribution is 2.16. The number of nitrogens with one attached hydrogen (secondary N) is 2. The molecule has 8 heteroatoms. The zero-order valence-corrected chi connectivity index (χ0v) is 13.9. The topological polar surface area (TPSA) is 87.7 Å². The summed E-state index contributed by atoms with van der Waals surface area (Å²) in [6.07, 6.45) is 1.62. The van der Waals surface area contributed by atoms with Crippen LogP contribution in [0.4, 0.5) is 4.79 Å². The van der Waals surface area contributed by atoms with E-state index in [1.54, 1.807) is 31.2 Å². The molecule has 0 fully saturated rings. The average molecular weight is 347 g/mol. The van der Waals surface area contributed by atoms with Crippen LogP contribution in [-0.2, 0) is 4.79 Å². The Morgan fingerprint density at radius 2 is 1.95 bits per heavy atom. The maximum absolute atomic E-state index is 11.8. The third kappa shape index (κ3) is 6.91. The maximum Gasteiger partial charge on any atom is 0.326 e. The summed E-state index contributed by atoms with van der Waals surface area (Å²) in [5, 5.41) is 14.6. The third-order valence-electron chi connectivity index (χ3n) is 2.67.